The van der Waals surface area contributed by atoms with Crippen molar-refractivity contribution in [3.05, 3.63) is 59.1 Å². The summed E-state index contributed by atoms with van der Waals surface area (Å²) in [6, 6.07) is 9.59. The van der Waals surface area contributed by atoms with Gasteiger partial charge in [-0.25, -0.2) is 13.6 Å². The summed E-state index contributed by atoms with van der Waals surface area (Å²) in [5.74, 6) is -1.81. The van der Waals surface area contributed by atoms with E-state index in [1.807, 2.05) is 6.07 Å². The van der Waals surface area contributed by atoms with Crippen LogP contribution in [0, 0.1) is 11.6 Å². The zero-order chi connectivity index (χ0) is 23.7. The van der Waals surface area contributed by atoms with Gasteiger partial charge in [0.05, 0.1) is 12.2 Å². The van der Waals surface area contributed by atoms with Crippen molar-refractivity contribution in [1.82, 2.24) is 30.4 Å². The van der Waals surface area contributed by atoms with E-state index in [9.17, 15) is 13.6 Å². The largest absolute Gasteiger partial charge is 0.475 e. The molecule has 12 heteroatoms. The molecule has 3 heterocycles. The number of hydrogen-bond donors (Lipinski definition) is 2. The van der Waals surface area contributed by atoms with Gasteiger partial charge in [0.2, 0.25) is 5.88 Å². The summed E-state index contributed by atoms with van der Waals surface area (Å²) in [7, 11) is 0. The smallest absolute Gasteiger partial charge is 0.327 e. The third kappa shape index (κ3) is 4.29. The molecule has 0 unspecified atom stereocenters. The first kappa shape index (κ1) is 21.8. The molecule has 5 rings (SSSR count). The standard InChI is InChI=1S/C22H17ClF2N6O3/c23-14-4-2-1-3-13(14)18-17-19(30-29-18)27-21(34-16-6-5-12(24)11-15(16)25)28-20(17)33-10-9-31-8-7-26-22(31)32/h1-6,11H,7-10H2,(H,26,32)(H,27,28,29,30). The van der Waals surface area contributed by atoms with Crippen LogP contribution in [0.1, 0.15) is 0 Å². The number of rotatable bonds is 7. The molecule has 1 fully saturated rings. The highest BCUT2D eigenvalue weighted by Crippen LogP contribution is 2.36. The number of nitrogens with one attached hydrogen (secondary N) is 2. The Labute approximate surface area is 196 Å². The minimum Gasteiger partial charge on any atom is -0.475 e. The van der Waals surface area contributed by atoms with E-state index in [2.05, 4.69) is 25.5 Å². The molecule has 174 valence electrons. The molecule has 1 aliphatic rings. The normalized spacial score (nSPS) is 13.4. The molecule has 0 atom stereocenters. The van der Waals surface area contributed by atoms with Crippen LogP contribution in [0.3, 0.4) is 0 Å². The minimum absolute atomic E-state index is 0.103. The average molecular weight is 487 g/mol. The summed E-state index contributed by atoms with van der Waals surface area (Å²) < 4.78 is 38.7. The molecule has 2 aromatic carbocycles. The summed E-state index contributed by atoms with van der Waals surface area (Å²) in [6.07, 6.45) is 0. The summed E-state index contributed by atoms with van der Waals surface area (Å²) in [6.45, 7) is 1.57. The Morgan fingerprint density at radius 3 is 2.76 bits per heavy atom. The van der Waals surface area contributed by atoms with Crippen LogP contribution in [0.4, 0.5) is 13.6 Å². The molecule has 4 aromatic rings. The Kier molecular flexibility index (Phi) is 5.84. The second-order valence-corrected chi connectivity index (χ2v) is 7.74. The van der Waals surface area contributed by atoms with Crippen LogP contribution < -0.4 is 14.8 Å². The number of fused-ring (bicyclic) bond motifs is 1. The van der Waals surface area contributed by atoms with E-state index in [-0.39, 0.29) is 35.9 Å². The van der Waals surface area contributed by atoms with Gasteiger partial charge in [-0.3, -0.25) is 5.10 Å². The number of urea groups is 1. The number of nitrogens with zero attached hydrogens (tertiary/aromatic N) is 4. The Morgan fingerprint density at radius 1 is 1.15 bits per heavy atom. The van der Waals surface area contributed by atoms with Crippen LogP contribution in [0.2, 0.25) is 5.02 Å². The highest BCUT2D eigenvalue weighted by Gasteiger charge is 2.22. The molecular weight excluding hydrogens is 470 g/mol. The first-order chi connectivity index (χ1) is 16.5. The highest BCUT2D eigenvalue weighted by atomic mass is 35.5. The van der Waals surface area contributed by atoms with Gasteiger partial charge in [0.25, 0.3) is 0 Å². The number of ether oxygens (including phenoxy) is 2. The van der Waals surface area contributed by atoms with Gasteiger partial charge in [0, 0.05) is 29.7 Å². The number of aromatic amines is 1. The fourth-order valence-electron chi connectivity index (χ4n) is 3.52. The summed E-state index contributed by atoms with van der Waals surface area (Å²) in [5.41, 5.74) is 1.36. The first-order valence-electron chi connectivity index (χ1n) is 10.3. The van der Waals surface area contributed by atoms with Crippen molar-refractivity contribution in [1.29, 1.82) is 0 Å². The monoisotopic (exact) mass is 486 g/mol. The quantitative estimate of drug-likeness (QED) is 0.406. The molecule has 0 spiro atoms. The lowest BCUT2D eigenvalue weighted by molar-refractivity contribution is 0.201. The third-order valence-corrected chi connectivity index (χ3v) is 5.47. The van der Waals surface area contributed by atoms with Crippen molar-refractivity contribution in [2.75, 3.05) is 26.2 Å². The predicted octanol–water partition coefficient (Wildman–Crippen LogP) is 4.15. The molecule has 2 aromatic heterocycles. The number of hydrogen-bond acceptors (Lipinski definition) is 6. The maximum absolute atomic E-state index is 14.1. The van der Waals surface area contributed by atoms with E-state index in [0.29, 0.717) is 47.4 Å². The predicted molar refractivity (Wildman–Crippen MR) is 119 cm³/mol. The second-order valence-electron chi connectivity index (χ2n) is 7.33. The van der Waals surface area contributed by atoms with Crippen molar-refractivity contribution in [2.24, 2.45) is 0 Å². The Balaban J connectivity index is 1.52. The Bertz CT molecular complexity index is 1380. The number of H-pyrrole nitrogens is 1. The molecule has 0 saturated carbocycles. The Hall–Kier alpha value is -3.99. The fourth-order valence-corrected chi connectivity index (χ4v) is 3.75. The van der Waals surface area contributed by atoms with Crippen molar-refractivity contribution in [2.45, 2.75) is 0 Å². The maximum Gasteiger partial charge on any atom is 0.327 e. The van der Waals surface area contributed by atoms with Crippen LogP contribution in [-0.2, 0) is 0 Å². The van der Waals surface area contributed by atoms with Crippen molar-refractivity contribution < 1.29 is 23.0 Å². The minimum atomic E-state index is -0.912. The molecule has 9 nitrogen and oxygen atoms in total. The maximum atomic E-state index is 14.1. The van der Waals surface area contributed by atoms with Gasteiger partial charge >= 0.3 is 12.0 Å². The molecule has 2 amide bonds. The van der Waals surface area contributed by atoms with Crippen molar-refractivity contribution in [3.63, 3.8) is 0 Å². The van der Waals surface area contributed by atoms with Gasteiger partial charge in [0.15, 0.2) is 17.2 Å². The second kappa shape index (κ2) is 9.10. The molecule has 1 aliphatic heterocycles. The van der Waals surface area contributed by atoms with Crippen LogP contribution in [-0.4, -0.2) is 57.3 Å². The number of amides is 2. The Morgan fingerprint density at radius 2 is 2.00 bits per heavy atom. The zero-order valence-corrected chi connectivity index (χ0v) is 18.3. The molecule has 34 heavy (non-hydrogen) atoms. The van der Waals surface area contributed by atoms with Crippen LogP contribution in [0.25, 0.3) is 22.3 Å². The fraction of sp³-hybridized carbons (Fsp3) is 0.182. The van der Waals surface area contributed by atoms with Crippen LogP contribution >= 0.6 is 11.6 Å². The number of halogens is 3. The molecule has 0 aliphatic carbocycles. The van der Waals surface area contributed by atoms with Crippen LogP contribution in [0.15, 0.2) is 42.5 Å². The molecule has 0 radical (unpaired) electrons. The van der Waals surface area contributed by atoms with Crippen molar-refractivity contribution >= 4 is 28.7 Å². The zero-order valence-electron chi connectivity index (χ0n) is 17.5. The van der Waals surface area contributed by atoms with Gasteiger partial charge in [-0.2, -0.15) is 15.1 Å². The summed E-state index contributed by atoms with van der Waals surface area (Å²) >= 11 is 6.37. The highest BCUT2D eigenvalue weighted by molar-refractivity contribution is 6.33. The van der Waals surface area contributed by atoms with E-state index < -0.39 is 11.6 Å². The topological polar surface area (TPSA) is 105 Å². The number of benzene rings is 2. The molecule has 0 bridgehead atoms. The first-order valence-corrected chi connectivity index (χ1v) is 10.7. The third-order valence-electron chi connectivity index (χ3n) is 5.14. The van der Waals surface area contributed by atoms with Gasteiger partial charge in [0.1, 0.15) is 17.8 Å². The number of carbonyl (C=O) groups excluding carboxylic acids is 1. The molecule has 2 N–H and O–H groups in total. The molecule has 1 saturated heterocycles. The SMILES string of the molecule is O=C1NCCN1CCOc1nc(Oc2ccc(F)cc2F)nc2n[nH]c(-c3ccccc3Cl)c12. The summed E-state index contributed by atoms with van der Waals surface area (Å²) in [4.78, 5) is 21.9. The lowest BCUT2D eigenvalue weighted by Crippen LogP contribution is -2.31. The van der Waals surface area contributed by atoms with Gasteiger partial charge in [-0.05, 0) is 18.2 Å². The van der Waals surface area contributed by atoms with E-state index in [1.165, 1.54) is 0 Å². The lowest BCUT2D eigenvalue weighted by atomic mass is 10.1. The molecular formula is C22H17ClF2N6O3. The van der Waals surface area contributed by atoms with Gasteiger partial charge in [-0.15, -0.1) is 0 Å². The van der Waals surface area contributed by atoms with E-state index in [0.717, 1.165) is 12.1 Å². The number of carbonyl (C=O) groups is 1. The van der Waals surface area contributed by atoms with Gasteiger partial charge < -0.3 is 19.7 Å². The van der Waals surface area contributed by atoms with E-state index >= 15 is 0 Å². The number of aromatic nitrogens is 4. The van der Waals surface area contributed by atoms with Gasteiger partial charge in [-0.1, -0.05) is 29.8 Å². The average Bonchev–Trinajstić information content (AvgIpc) is 3.42. The van der Waals surface area contributed by atoms with Crippen molar-refractivity contribution in [3.8, 4) is 28.9 Å². The van der Waals surface area contributed by atoms with E-state index in [1.54, 1.807) is 23.1 Å². The summed E-state index contributed by atoms with van der Waals surface area (Å²) in [5, 5.41) is 10.7. The van der Waals surface area contributed by atoms with Crippen LogP contribution in [0.5, 0.6) is 17.6 Å². The lowest BCUT2D eigenvalue weighted by Gasteiger charge is -2.15. The van der Waals surface area contributed by atoms with E-state index in [4.69, 9.17) is 21.1 Å².